The SMILES string of the molecule is COc1cc(O)c(C(=O)/C=C/c2ccccc2)c(OC)c1. The van der Waals surface area contributed by atoms with Gasteiger partial charge in [-0.25, -0.2) is 0 Å². The first-order valence-corrected chi connectivity index (χ1v) is 6.38. The molecule has 0 aliphatic heterocycles. The average Bonchev–Trinajstić information content (AvgIpc) is 2.52. The number of ketones is 1. The van der Waals surface area contributed by atoms with E-state index in [9.17, 15) is 9.90 Å². The van der Waals surface area contributed by atoms with Gasteiger partial charge in [0.15, 0.2) is 5.78 Å². The smallest absolute Gasteiger partial charge is 0.193 e. The van der Waals surface area contributed by atoms with Gasteiger partial charge in [-0.1, -0.05) is 36.4 Å². The van der Waals surface area contributed by atoms with Crippen LogP contribution in [0.2, 0.25) is 0 Å². The molecule has 0 heterocycles. The molecule has 0 aromatic heterocycles. The number of aromatic hydroxyl groups is 1. The Balaban J connectivity index is 2.33. The summed E-state index contributed by atoms with van der Waals surface area (Å²) in [4.78, 5) is 12.3. The third-order valence-electron chi connectivity index (χ3n) is 2.98. The quantitative estimate of drug-likeness (QED) is 0.676. The van der Waals surface area contributed by atoms with E-state index in [-0.39, 0.29) is 22.8 Å². The van der Waals surface area contributed by atoms with Crippen LogP contribution in [0.25, 0.3) is 6.08 Å². The highest BCUT2D eigenvalue weighted by Crippen LogP contribution is 2.33. The molecule has 0 saturated carbocycles. The Morgan fingerprint density at radius 3 is 2.43 bits per heavy atom. The van der Waals surface area contributed by atoms with Crippen LogP contribution < -0.4 is 9.47 Å². The van der Waals surface area contributed by atoms with Crippen molar-refractivity contribution in [1.29, 1.82) is 0 Å². The van der Waals surface area contributed by atoms with E-state index in [1.807, 2.05) is 30.3 Å². The summed E-state index contributed by atoms with van der Waals surface area (Å²) >= 11 is 0. The monoisotopic (exact) mass is 284 g/mol. The fourth-order valence-corrected chi connectivity index (χ4v) is 1.92. The van der Waals surface area contributed by atoms with Crippen molar-refractivity contribution in [2.24, 2.45) is 0 Å². The molecule has 0 radical (unpaired) electrons. The van der Waals surface area contributed by atoms with Gasteiger partial charge in [0.05, 0.1) is 14.2 Å². The number of allylic oxidation sites excluding steroid dienone is 1. The number of ether oxygens (including phenoxy) is 2. The molecule has 0 amide bonds. The minimum absolute atomic E-state index is 0.116. The van der Waals surface area contributed by atoms with E-state index in [1.54, 1.807) is 12.1 Å². The molecule has 2 aromatic rings. The molecule has 0 fully saturated rings. The zero-order chi connectivity index (χ0) is 15.2. The van der Waals surface area contributed by atoms with Crippen LogP contribution in [0.1, 0.15) is 15.9 Å². The Hall–Kier alpha value is -2.75. The summed E-state index contributed by atoms with van der Waals surface area (Å²) in [5.41, 5.74) is 1.02. The van der Waals surface area contributed by atoms with Crippen LogP contribution in [0.4, 0.5) is 0 Å². The lowest BCUT2D eigenvalue weighted by molar-refractivity contribution is 0.104. The maximum absolute atomic E-state index is 12.3. The van der Waals surface area contributed by atoms with Crippen molar-refractivity contribution < 1.29 is 19.4 Å². The lowest BCUT2D eigenvalue weighted by Gasteiger charge is -2.10. The number of hydrogen-bond donors (Lipinski definition) is 1. The second kappa shape index (κ2) is 6.61. The zero-order valence-electron chi connectivity index (χ0n) is 11.9. The third kappa shape index (κ3) is 3.42. The standard InChI is InChI=1S/C17H16O4/c1-20-13-10-15(19)17(16(11-13)21-2)14(18)9-8-12-6-4-3-5-7-12/h3-11,19H,1-2H3/b9-8+. The Morgan fingerprint density at radius 1 is 1.10 bits per heavy atom. The fourth-order valence-electron chi connectivity index (χ4n) is 1.92. The van der Waals surface area contributed by atoms with E-state index in [0.717, 1.165) is 5.56 Å². The number of phenols is 1. The van der Waals surface area contributed by atoms with Gasteiger partial charge in [0.25, 0.3) is 0 Å². The largest absolute Gasteiger partial charge is 0.507 e. The first-order valence-electron chi connectivity index (χ1n) is 6.38. The average molecular weight is 284 g/mol. The summed E-state index contributed by atoms with van der Waals surface area (Å²) in [6.07, 6.45) is 3.09. The van der Waals surface area contributed by atoms with Gasteiger partial charge in [0.1, 0.15) is 22.8 Å². The molecule has 0 saturated heterocycles. The number of carbonyl (C=O) groups is 1. The molecule has 2 rings (SSSR count). The molecule has 108 valence electrons. The van der Waals surface area contributed by atoms with Crippen molar-refractivity contribution in [2.45, 2.75) is 0 Å². The van der Waals surface area contributed by atoms with Crippen molar-refractivity contribution in [3.05, 3.63) is 59.7 Å². The number of phenolic OH excluding ortho intramolecular Hbond substituents is 1. The lowest BCUT2D eigenvalue weighted by Crippen LogP contribution is -2.00. The van der Waals surface area contributed by atoms with Crippen molar-refractivity contribution in [3.63, 3.8) is 0 Å². The van der Waals surface area contributed by atoms with Gasteiger partial charge in [-0.3, -0.25) is 4.79 Å². The van der Waals surface area contributed by atoms with E-state index < -0.39 is 0 Å². The second-order valence-corrected chi connectivity index (χ2v) is 4.33. The van der Waals surface area contributed by atoms with E-state index >= 15 is 0 Å². The third-order valence-corrected chi connectivity index (χ3v) is 2.98. The van der Waals surface area contributed by atoms with Crippen LogP contribution in [0, 0.1) is 0 Å². The Bertz CT molecular complexity index is 660. The van der Waals surface area contributed by atoms with Crippen LogP contribution in [-0.4, -0.2) is 25.1 Å². The molecule has 1 N–H and O–H groups in total. The van der Waals surface area contributed by atoms with Gasteiger partial charge < -0.3 is 14.6 Å². The minimum Gasteiger partial charge on any atom is -0.507 e. The van der Waals surface area contributed by atoms with Crippen LogP contribution in [-0.2, 0) is 0 Å². The molecular formula is C17H16O4. The molecule has 0 bridgehead atoms. The van der Waals surface area contributed by atoms with Gasteiger partial charge in [-0.05, 0) is 11.6 Å². The number of rotatable bonds is 5. The fraction of sp³-hybridized carbons (Fsp3) is 0.118. The minimum atomic E-state index is -0.337. The van der Waals surface area contributed by atoms with E-state index in [0.29, 0.717) is 5.75 Å². The maximum atomic E-state index is 12.3. The van der Waals surface area contributed by atoms with Crippen LogP contribution in [0.5, 0.6) is 17.2 Å². The van der Waals surface area contributed by atoms with Crippen molar-refractivity contribution in [3.8, 4) is 17.2 Å². The molecule has 4 nitrogen and oxygen atoms in total. The molecule has 2 aromatic carbocycles. The van der Waals surface area contributed by atoms with Crippen LogP contribution in [0.3, 0.4) is 0 Å². The summed E-state index contributed by atoms with van der Waals surface area (Å²) in [6.45, 7) is 0. The zero-order valence-corrected chi connectivity index (χ0v) is 11.9. The highest BCUT2D eigenvalue weighted by atomic mass is 16.5. The van der Waals surface area contributed by atoms with Crippen molar-refractivity contribution in [2.75, 3.05) is 14.2 Å². The molecule has 0 spiro atoms. The van der Waals surface area contributed by atoms with E-state index in [1.165, 1.54) is 26.4 Å². The number of carbonyl (C=O) groups excluding carboxylic acids is 1. The van der Waals surface area contributed by atoms with Gasteiger partial charge in [0, 0.05) is 12.1 Å². The lowest BCUT2D eigenvalue weighted by atomic mass is 10.1. The molecule has 0 unspecified atom stereocenters. The topological polar surface area (TPSA) is 55.8 Å². The van der Waals surface area contributed by atoms with Gasteiger partial charge >= 0.3 is 0 Å². The Labute approximate surface area is 123 Å². The maximum Gasteiger partial charge on any atom is 0.193 e. The summed E-state index contributed by atoms with van der Waals surface area (Å²) < 4.78 is 10.2. The van der Waals surface area contributed by atoms with Crippen molar-refractivity contribution >= 4 is 11.9 Å². The highest BCUT2D eigenvalue weighted by Gasteiger charge is 2.17. The molecular weight excluding hydrogens is 268 g/mol. The molecule has 0 aliphatic carbocycles. The Morgan fingerprint density at radius 2 is 1.81 bits per heavy atom. The number of methoxy groups -OCH3 is 2. The van der Waals surface area contributed by atoms with E-state index in [2.05, 4.69) is 0 Å². The summed E-state index contributed by atoms with van der Waals surface area (Å²) in [5.74, 6) is 0.187. The van der Waals surface area contributed by atoms with Crippen LogP contribution >= 0.6 is 0 Å². The summed E-state index contributed by atoms with van der Waals surface area (Å²) in [7, 11) is 2.91. The van der Waals surface area contributed by atoms with Gasteiger partial charge in [-0.15, -0.1) is 0 Å². The summed E-state index contributed by atoms with van der Waals surface area (Å²) in [6, 6.07) is 12.4. The van der Waals surface area contributed by atoms with Gasteiger partial charge in [-0.2, -0.15) is 0 Å². The second-order valence-electron chi connectivity index (χ2n) is 4.33. The van der Waals surface area contributed by atoms with Gasteiger partial charge in [0.2, 0.25) is 0 Å². The highest BCUT2D eigenvalue weighted by molar-refractivity contribution is 6.10. The first-order chi connectivity index (χ1) is 10.2. The first kappa shape index (κ1) is 14.7. The molecule has 0 atom stereocenters. The number of hydrogen-bond acceptors (Lipinski definition) is 4. The van der Waals surface area contributed by atoms with Crippen molar-refractivity contribution in [1.82, 2.24) is 0 Å². The predicted octanol–water partition coefficient (Wildman–Crippen LogP) is 3.31. The summed E-state index contributed by atoms with van der Waals surface area (Å²) in [5, 5.41) is 9.99. The predicted molar refractivity (Wildman–Crippen MR) is 81.0 cm³/mol. The normalized spacial score (nSPS) is 10.6. The molecule has 4 heteroatoms. The van der Waals surface area contributed by atoms with Crippen LogP contribution in [0.15, 0.2) is 48.5 Å². The number of benzene rings is 2. The Kier molecular flexibility index (Phi) is 4.61. The molecule has 0 aliphatic rings. The van der Waals surface area contributed by atoms with E-state index in [4.69, 9.17) is 9.47 Å². The molecule has 21 heavy (non-hydrogen) atoms.